The number of thiophene rings is 1. The Morgan fingerprint density at radius 2 is 2.06 bits per heavy atom. The summed E-state index contributed by atoms with van der Waals surface area (Å²) in [5, 5.41) is 3.31. The first-order valence-electron chi connectivity index (χ1n) is 10.4. The van der Waals surface area contributed by atoms with Gasteiger partial charge in [0.2, 0.25) is 0 Å². The molecule has 156 valence electrons. The van der Waals surface area contributed by atoms with Crippen LogP contribution in [0.15, 0.2) is 54.1 Å². The fourth-order valence-electron chi connectivity index (χ4n) is 4.50. The summed E-state index contributed by atoms with van der Waals surface area (Å²) in [7, 11) is 0. The van der Waals surface area contributed by atoms with Gasteiger partial charge in [-0.1, -0.05) is 18.2 Å². The largest absolute Gasteiger partial charge is 0.345 e. The average Bonchev–Trinajstić information content (AvgIpc) is 3.20. The van der Waals surface area contributed by atoms with Crippen molar-refractivity contribution in [1.29, 1.82) is 0 Å². The minimum absolute atomic E-state index is 0.337. The number of allylic oxidation sites excluding steroid dienone is 3. The zero-order valence-corrected chi connectivity index (χ0v) is 18.3. The molecule has 0 saturated carbocycles. The highest BCUT2D eigenvalue weighted by Crippen LogP contribution is 2.42. The topological polar surface area (TPSA) is 17.8 Å². The van der Waals surface area contributed by atoms with Gasteiger partial charge in [-0.2, -0.15) is 0 Å². The number of nitrogens with zero attached hydrogens (tertiary/aromatic N) is 2. The molecule has 0 radical (unpaired) electrons. The van der Waals surface area contributed by atoms with Gasteiger partial charge in [-0.3, -0.25) is 4.98 Å². The van der Waals surface area contributed by atoms with E-state index in [-0.39, 0.29) is 5.82 Å². The second kappa shape index (κ2) is 7.89. The monoisotopic (exact) mass is 432 g/mol. The summed E-state index contributed by atoms with van der Waals surface area (Å²) in [6.45, 7) is 4.69. The maximum absolute atomic E-state index is 13.4. The summed E-state index contributed by atoms with van der Waals surface area (Å²) >= 11 is 1.70. The molecule has 4 aromatic rings. The number of benzene rings is 1. The number of alkyl halides is 1. The van der Waals surface area contributed by atoms with Gasteiger partial charge in [-0.05, 0) is 72.7 Å². The Kier molecular flexibility index (Phi) is 5.06. The predicted molar refractivity (Wildman–Crippen MR) is 125 cm³/mol. The highest BCUT2D eigenvalue weighted by molar-refractivity contribution is 7.11. The number of fused-ring (bicyclic) bond motifs is 2. The van der Waals surface area contributed by atoms with Crippen LogP contribution in [0, 0.1) is 12.7 Å². The Morgan fingerprint density at radius 3 is 2.81 bits per heavy atom. The summed E-state index contributed by atoms with van der Waals surface area (Å²) < 4.78 is 29.0. The van der Waals surface area contributed by atoms with Crippen LogP contribution >= 0.6 is 11.3 Å². The summed E-state index contributed by atoms with van der Waals surface area (Å²) in [4.78, 5) is 5.42. The van der Waals surface area contributed by atoms with E-state index in [1.165, 1.54) is 39.5 Å². The molecule has 3 aromatic heterocycles. The molecule has 1 aliphatic rings. The third-order valence-corrected chi connectivity index (χ3v) is 6.95. The molecule has 5 heteroatoms. The smallest absolute Gasteiger partial charge is 0.141 e. The van der Waals surface area contributed by atoms with Crippen molar-refractivity contribution >= 4 is 33.9 Å². The van der Waals surface area contributed by atoms with Gasteiger partial charge in [0.1, 0.15) is 12.5 Å². The molecular formula is C26H22F2N2S. The summed E-state index contributed by atoms with van der Waals surface area (Å²) in [6, 6.07) is 9.05. The maximum Gasteiger partial charge on any atom is 0.141 e. The van der Waals surface area contributed by atoms with E-state index in [9.17, 15) is 8.78 Å². The number of rotatable bonds is 4. The van der Waals surface area contributed by atoms with E-state index >= 15 is 0 Å². The molecule has 0 fully saturated rings. The van der Waals surface area contributed by atoms with Crippen LogP contribution in [0.3, 0.4) is 0 Å². The number of aromatic nitrogens is 2. The van der Waals surface area contributed by atoms with Crippen molar-refractivity contribution in [2.24, 2.45) is 0 Å². The van der Waals surface area contributed by atoms with Crippen LogP contribution in [0.4, 0.5) is 8.78 Å². The fourth-order valence-corrected chi connectivity index (χ4v) is 5.53. The fraction of sp³-hybridized carbons (Fsp3) is 0.192. The van der Waals surface area contributed by atoms with Gasteiger partial charge in [0.15, 0.2) is 0 Å². The van der Waals surface area contributed by atoms with Gasteiger partial charge in [0, 0.05) is 39.2 Å². The molecule has 5 rings (SSSR count). The molecule has 31 heavy (non-hydrogen) atoms. The van der Waals surface area contributed by atoms with Crippen LogP contribution in [0.25, 0.3) is 33.7 Å². The van der Waals surface area contributed by atoms with Crippen molar-refractivity contribution in [3.8, 4) is 11.1 Å². The molecule has 0 saturated heterocycles. The minimum Gasteiger partial charge on any atom is -0.345 e. The number of pyridine rings is 1. The highest BCUT2D eigenvalue weighted by atomic mass is 32.1. The lowest BCUT2D eigenvalue weighted by atomic mass is 9.97. The van der Waals surface area contributed by atoms with Crippen molar-refractivity contribution in [3.63, 3.8) is 0 Å². The lowest BCUT2D eigenvalue weighted by Gasteiger charge is -2.06. The summed E-state index contributed by atoms with van der Waals surface area (Å²) in [5.74, 6) is -0.337. The molecule has 3 heterocycles. The third-order valence-electron chi connectivity index (χ3n) is 5.98. The number of halogens is 2. The van der Waals surface area contributed by atoms with Crippen LogP contribution in [-0.4, -0.2) is 9.55 Å². The standard InChI is InChI=1S/C26H22F2N2S/c1-3-30-16(2)26(21-11-17(13-27)7-10-24(21)30)22-15-31-25-12-18(5-4-6-20(22)25)23-9-8-19(28)14-29-23/h4-5,7-12,14-15H,3,6,13H2,1-2H3. The van der Waals surface area contributed by atoms with E-state index in [0.717, 1.165) is 35.1 Å². The van der Waals surface area contributed by atoms with Crippen molar-refractivity contribution in [3.05, 3.63) is 87.3 Å². The molecule has 0 unspecified atom stereocenters. The van der Waals surface area contributed by atoms with Crippen molar-refractivity contribution in [1.82, 2.24) is 9.55 Å². The predicted octanol–water partition coefficient (Wildman–Crippen LogP) is 7.35. The number of aryl methyl sites for hydroxylation is 1. The molecule has 1 aliphatic carbocycles. The average molecular weight is 433 g/mol. The second-order valence-electron chi connectivity index (χ2n) is 7.75. The second-order valence-corrected chi connectivity index (χ2v) is 8.66. The Hall–Kier alpha value is -3.05. The molecule has 0 atom stereocenters. The van der Waals surface area contributed by atoms with Crippen molar-refractivity contribution in [2.45, 2.75) is 33.5 Å². The molecule has 0 bridgehead atoms. The van der Waals surface area contributed by atoms with Crippen LogP contribution in [0.1, 0.15) is 34.3 Å². The summed E-state index contributed by atoms with van der Waals surface area (Å²) in [5.41, 5.74) is 8.44. The van der Waals surface area contributed by atoms with E-state index < -0.39 is 6.67 Å². The molecule has 0 spiro atoms. The third kappa shape index (κ3) is 3.33. The van der Waals surface area contributed by atoms with E-state index in [0.29, 0.717) is 5.56 Å². The van der Waals surface area contributed by atoms with Gasteiger partial charge < -0.3 is 4.57 Å². The van der Waals surface area contributed by atoms with Gasteiger partial charge in [-0.25, -0.2) is 8.78 Å². The normalized spacial score (nSPS) is 13.4. The highest BCUT2D eigenvalue weighted by Gasteiger charge is 2.21. The zero-order chi connectivity index (χ0) is 21.5. The van der Waals surface area contributed by atoms with Crippen LogP contribution < -0.4 is 0 Å². The maximum atomic E-state index is 13.4. The summed E-state index contributed by atoms with van der Waals surface area (Å²) in [6.07, 6.45) is 8.38. The molecule has 0 N–H and O–H groups in total. The number of hydrogen-bond acceptors (Lipinski definition) is 2. The van der Waals surface area contributed by atoms with E-state index in [4.69, 9.17) is 0 Å². The van der Waals surface area contributed by atoms with Crippen LogP contribution in [-0.2, 0) is 19.6 Å². The van der Waals surface area contributed by atoms with Crippen molar-refractivity contribution < 1.29 is 8.78 Å². The lowest BCUT2D eigenvalue weighted by Crippen LogP contribution is -1.96. The van der Waals surface area contributed by atoms with Gasteiger partial charge in [0.25, 0.3) is 0 Å². The first kappa shape index (κ1) is 19.9. The first-order valence-corrected chi connectivity index (χ1v) is 11.3. The molecule has 0 amide bonds. The Labute approximate surface area is 184 Å². The Balaban J connectivity index is 1.68. The van der Waals surface area contributed by atoms with E-state index in [1.807, 2.05) is 18.2 Å². The minimum atomic E-state index is -0.465. The van der Waals surface area contributed by atoms with Gasteiger partial charge in [-0.15, -0.1) is 11.3 Å². The van der Waals surface area contributed by atoms with Crippen LogP contribution in [0.5, 0.6) is 0 Å². The molecule has 0 aliphatic heterocycles. The molecule has 2 nitrogen and oxygen atoms in total. The van der Waals surface area contributed by atoms with Crippen LogP contribution in [0.2, 0.25) is 0 Å². The van der Waals surface area contributed by atoms with Crippen molar-refractivity contribution in [2.75, 3.05) is 0 Å². The Morgan fingerprint density at radius 1 is 1.19 bits per heavy atom. The zero-order valence-electron chi connectivity index (χ0n) is 17.5. The van der Waals surface area contributed by atoms with E-state index in [2.05, 4.69) is 47.0 Å². The van der Waals surface area contributed by atoms with E-state index in [1.54, 1.807) is 17.4 Å². The van der Waals surface area contributed by atoms with Gasteiger partial charge >= 0.3 is 0 Å². The molecular weight excluding hydrogens is 410 g/mol. The number of hydrogen-bond donors (Lipinski definition) is 0. The quantitative estimate of drug-likeness (QED) is 0.329. The lowest BCUT2D eigenvalue weighted by molar-refractivity contribution is 0.485. The Bertz CT molecular complexity index is 1340. The van der Waals surface area contributed by atoms with Gasteiger partial charge in [0.05, 0.1) is 11.9 Å². The first-order chi connectivity index (χ1) is 15.1. The molecule has 1 aromatic carbocycles. The SMILES string of the molecule is CCn1c(C)c(-c2csc3c2CC=CC(c2ccc(F)cn2)=C3)c2cc(CF)ccc21.